The molecule has 3 fully saturated rings. The summed E-state index contributed by atoms with van der Waals surface area (Å²) >= 11 is 0. The highest BCUT2D eigenvalue weighted by atomic mass is 16.7. The molecule has 4 aliphatic heterocycles. The number of nitro benzene ring substituents is 1. The third-order valence-electron chi connectivity index (χ3n) is 6.71. The van der Waals surface area contributed by atoms with Crippen LogP contribution in [0, 0.1) is 34.8 Å². The van der Waals surface area contributed by atoms with Crippen LogP contribution in [0.25, 0.3) is 0 Å². The third-order valence-corrected chi connectivity index (χ3v) is 6.71. The third kappa shape index (κ3) is 2.37. The number of nitrogens with zero attached hydrogens (tertiary/aromatic N) is 3. The number of imide groups is 1. The predicted octanol–water partition coefficient (Wildman–Crippen LogP) is 2.21. The number of ether oxygens (including phenoxy) is 1. The Hall–Kier alpha value is -3.59. The second-order valence-corrected chi connectivity index (χ2v) is 8.34. The Morgan fingerprint density at radius 1 is 0.903 bits per heavy atom. The zero-order valence-corrected chi connectivity index (χ0v) is 16.4. The fourth-order valence-electron chi connectivity index (χ4n) is 5.30. The first kappa shape index (κ1) is 18.2. The van der Waals surface area contributed by atoms with Crippen LogP contribution in [-0.4, -0.2) is 40.8 Å². The van der Waals surface area contributed by atoms with Crippen molar-refractivity contribution < 1.29 is 24.1 Å². The van der Waals surface area contributed by atoms with Crippen molar-refractivity contribution in [3.63, 3.8) is 0 Å². The standard InChI is InChI=1S/C22H17N3O6/c1-10-2-6-12(7-3-10)24-21(26)14-15(22(24)27)19-20-16(18(14)30-19)17(23-31-20)11-4-8-13(9-5-11)25(28)29/h2-9,14-16,18-20H,1H3/t14-,15-,16-,18+,19+,20-/m0/s1. The van der Waals surface area contributed by atoms with Gasteiger partial charge in [-0.1, -0.05) is 22.9 Å². The predicted molar refractivity (Wildman–Crippen MR) is 107 cm³/mol. The monoisotopic (exact) mass is 419 g/mol. The molecule has 4 aliphatic rings. The quantitative estimate of drug-likeness (QED) is 0.428. The molecule has 9 nitrogen and oxygen atoms in total. The van der Waals surface area contributed by atoms with E-state index in [0.29, 0.717) is 17.0 Å². The number of carbonyl (C=O) groups is 2. The molecule has 0 N–H and O–H groups in total. The Bertz CT molecular complexity index is 1160. The number of nitro groups is 1. The minimum Gasteiger partial charge on any atom is -0.389 e. The van der Waals surface area contributed by atoms with Crippen LogP contribution in [-0.2, 0) is 19.2 Å². The van der Waals surface area contributed by atoms with Gasteiger partial charge in [-0.05, 0) is 31.2 Å². The highest BCUT2D eigenvalue weighted by Gasteiger charge is 2.72. The topological polar surface area (TPSA) is 111 Å². The molecule has 0 radical (unpaired) electrons. The first-order valence-corrected chi connectivity index (χ1v) is 10.0. The van der Waals surface area contributed by atoms with E-state index in [2.05, 4.69) is 5.16 Å². The van der Waals surface area contributed by atoms with Crippen LogP contribution >= 0.6 is 0 Å². The molecule has 6 rings (SSSR count). The van der Waals surface area contributed by atoms with Crippen LogP contribution in [0.2, 0.25) is 0 Å². The van der Waals surface area contributed by atoms with Gasteiger partial charge in [-0.25, -0.2) is 4.90 Å². The second-order valence-electron chi connectivity index (χ2n) is 8.34. The van der Waals surface area contributed by atoms with Crippen molar-refractivity contribution in [2.75, 3.05) is 4.90 Å². The van der Waals surface area contributed by atoms with Crippen LogP contribution in [0.1, 0.15) is 11.1 Å². The van der Waals surface area contributed by atoms with Crippen molar-refractivity contribution in [1.82, 2.24) is 0 Å². The zero-order chi connectivity index (χ0) is 21.4. The number of hydrogen-bond donors (Lipinski definition) is 0. The lowest BCUT2D eigenvalue weighted by Crippen LogP contribution is -2.45. The smallest absolute Gasteiger partial charge is 0.269 e. The summed E-state index contributed by atoms with van der Waals surface area (Å²) in [4.78, 5) is 43.9. The number of benzene rings is 2. The summed E-state index contributed by atoms with van der Waals surface area (Å²) < 4.78 is 6.08. The van der Waals surface area contributed by atoms with Gasteiger partial charge in [0.25, 0.3) is 5.69 Å². The van der Waals surface area contributed by atoms with Gasteiger partial charge in [-0.3, -0.25) is 19.7 Å². The number of anilines is 1. The Labute approximate surface area is 176 Å². The van der Waals surface area contributed by atoms with E-state index in [1.54, 1.807) is 24.3 Å². The number of amides is 2. The van der Waals surface area contributed by atoms with Crippen LogP contribution in [0.5, 0.6) is 0 Å². The van der Waals surface area contributed by atoms with E-state index < -0.39 is 35.1 Å². The molecule has 0 aliphatic carbocycles. The lowest BCUT2D eigenvalue weighted by atomic mass is 9.71. The molecule has 2 amide bonds. The first-order valence-electron chi connectivity index (χ1n) is 10.0. The Balaban J connectivity index is 1.32. The zero-order valence-electron chi connectivity index (χ0n) is 16.4. The highest BCUT2D eigenvalue weighted by Crippen LogP contribution is 2.55. The highest BCUT2D eigenvalue weighted by molar-refractivity contribution is 6.23. The van der Waals surface area contributed by atoms with E-state index in [1.165, 1.54) is 17.0 Å². The maximum absolute atomic E-state index is 13.3. The van der Waals surface area contributed by atoms with E-state index in [-0.39, 0.29) is 23.4 Å². The van der Waals surface area contributed by atoms with Crippen molar-refractivity contribution in [3.8, 4) is 0 Å². The Kier molecular flexibility index (Phi) is 3.64. The molecule has 156 valence electrons. The normalized spacial score (nSPS) is 32.7. The number of fused-ring (bicyclic) bond motifs is 8. The van der Waals surface area contributed by atoms with E-state index >= 15 is 0 Å². The van der Waals surface area contributed by atoms with E-state index in [1.807, 2.05) is 19.1 Å². The number of rotatable bonds is 3. The molecule has 0 unspecified atom stereocenters. The van der Waals surface area contributed by atoms with Gasteiger partial charge < -0.3 is 9.57 Å². The Morgan fingerprint density at radius 3 is 2.19 bits per heavy atom. The van der Waals surface area contributed by atoms with Gasteiger partial charge in [0.2, 0.25) is 11.8 Å². The summed E-state index contributed by atoms with van der Waals surface area (Å²) in [7, 11) is 0. The summed E-state index contributed by atoms with van der Waals surface area (Å²) in [6, 6.07) is 13.3. The van der Waals surface area contributed by atoms with Crippen molar-refractivity contribution in [3.05, 3.63) is 69.8 Å². The van der Waals surface area contributed by atoms with Gasteiger partial charge in [0.05, 0.1) is 40.2 Å². The number of aryl methyl sites for hydroxylation is 1. The number of carbonyl (C=O) groups excluding carboxylic acids is 2. The van der Waals surface area contributed by atoms with Gasteiger partial charge in [-0.15, -0.1) is 0 Å². The van der Waals surface area contributed by atoms with E-state index in [4.69, 9.17) is 9.57 Å². The fourth-order valence-corrected chi connectivity index (χ4v) is 5.30. The average molecular weight is 419 g/mol. The maximum atomic E-state index is 13.3. The van der Waals surface area contributed by atoms with Gasteiger partial charge in [-0.2, -0.15) is 0 Å². The molecular formula is C22H17N3O6. The molecule has 0 saturated carbocycles. The summed E-state index contributed by atoms with van der Waals surface area (Å²) in [5.74, 6) is -2.02. The van der Waals surface area contributed by atoms with Crippen LogP contribution < -0.4 is 4.90 Å². The molecule has 0 spiro atoms. The summed E-state index contributed by atoms with van der Waals surface area (Å²) in [5.41, 5.74) is 2.86. The van der Waals surface area contributed by atoms with E-state index in [0.717, 1.165) is 5.56 Å². The molecule has 9 heteroatoms. The molecule has 4 heterocycles. The van der Waals surface area contributed by atoms with Crippen LogP contribution in [0.15, 0.2) is 53.7 Å². The van der Waals surface area contributed by atoms with Crippen molar-refractivity contribution in [1.29, 1.82) is 0 Å². The molecule has 2 aromatic rings. The molecule has 3 saturated heterocycles. The summed E-state index contributed by atoms with van der Waals surface area (Å²) in [6.45, 7) is 1.94. The Morgan fingerprint density at radius 2 is 1.55 bits per heavy atom. The minimum atomic E-state index is -0.593. The molecule has 31 heavy (non-hydrogen) atoms. The van der Waals surface area contributed by atoms with E-state index in [9.17, 15) is 19.7 Å². The lowest BCUT2D eigenvalue weighted by molar-refractivity contribution is -0.384. The van der Waals surface area contributed by atoms with Crippen molar-refractivity contribution in [2.45, 2.75) is 25.2 Å². The first-order chi connectivity index (χ1) is 15.0. The number of oxime groups is 1. The fraction of sp³-hybridized carbons (Fsp3) is 0.318. The molecule has 6 atom stereocenters. The number of non-ortho nitro benzene ring substituents is 1. The summed E-state index contributed by atoms with van der Waals surface area (Å²) in [5, 5.41) is 15.1. The van der Waals surface area contributed by atoms with Gasteiger partial charge >= 0.3 is 0 Å². The van der Waals surface area contributed by atoms with Gasteiger partial charge in [0.15, 0.2) is 6.10 Å². The lowest BCUT2D eigenvalue weighted by Gasteiger charge is -2.26. The van der Waals surface area contributed by atoms with Gasteiger partial charge in [0, 0.05) is 17.7 Å². The van der Waals surface area contributed by atoms with Crippen LogP contribution in [0.3, 0.4) is 0 Å². The minimum absolute atomic E-state index is 0.0191. The summed E-state index contributed by atoms with van der Waals surface area (Å²) in [6.07, 6.45) is -1.53. The van der Waals surface area contributed by atoms with Crippen LogP contribution in [0.4, 0.5) is 11.4 Å². The number of hydrogen-bond acceptors (Lipinski definition) is 7. The van der Waals surface area contributed by atoms with Gasteiger partial charge in [0.1, 0.15) is 6.10 Å². The molecular weight excluding hydrogens is 402 g/mol. The van der Waals surface area contributed by atoms with Crippen molar-refractivity contribution >= 4 is 28.9 Å². The maximum Gasteiger partial charge on any atom is 0.269 e. The molecule has 2 aromatic carbocycles. The largest absolute Gasteiger partial charge is 0.389 e. The van der Waals surface area contributed by atoms with Crippen molar-refractivity contribution in [2.24, 2.45) is 22.9 Å². The average Bonchev–Trinajstić information content (AvgIpc) is 3.49. The molecule has 2 bridgehead atoms. The second kappa shape index (κ2) is 6.21. The SMILES string of the molecule is Cc1ccc(N2C(=O)[C@@H]3[C@H]4O[C@@H]([C@@H]5C(c6ccc([N+](=O)[O-])cc6)=NO[C@H]45)[C@H]3C2=O)cc1. The molecule has 0 aromatic heterocycles.